The molecule has 3 nitrogen and oxygen atoms in total. The average molecular weight is 265 g/mol. The molecule has 2 rings (SSSR count). The zero-order chi connectivity index (χ0) is 13.3. The number of halogens is 1. The van der Waals surface area contributed by atoms with Gasteiger partial charge in [-0.15, -0.1) is 0 Å². The number of methoxy groups -OCH3 is 1. The molecule has 0 heterocycles. The van der Waals surface area contributed by atoms with E-state index < -0.39 is 11.9 Å². The van der Waals surface area contributed by atoms with Crippen LogP contribution in [0.3, 0.4) is 0 Å². The first-order valence-electron chi connectivity index (χ1n) is 5.54. The van der Waals surface area contributed by atoms with Crippen LogP contribution in [0.4, 0.5) is 0 Å². The molecule has 0 aliphatic rings. The van der Waals surface area contributed by atoms with Gasteiger partial charge in [0.15, 0.2) is 0 Å². The number of rotatable bonds is 3. The first-order chi connectivity index (χ1) is 8.56. The minimum atomic E-state index is -0.902. The van der Waals surface area contributed by atoms with Crippen molar-refractivity contribution in [3.63, 3.8) is 0 Å². The van der Waals surface area contributed by atoms with E-state index in [0.29, 0.717) is 16.3 Å². The van der Waals surface area contributed by atoms with Crippen molar-refractivity contribution in [3.8, 4) is 5.75 Å². The number of hydrogen-bond acceptors (Lipinski definition) is 2. The Morgan fingerprint density at radius 2 is 2.06 bits per heavy atom. The van der Waals surface area contributed by atoms with Gasteiger partial charge in [0.05, 0.1) is 18.1 Å². The van der Waals surface area contributed by atoms with Gasteiger partial charge in [-0.3, -0.25) is 4.79 Å². The maximum atomic E-state index is 11.2. The van der Waals surface area contributed by atoms with Crippen molar-refractivity contribution in [1.82, 2.24) is 0 Å². The van der Waals surface area contributed by atoms with Gasteiger partial charge in [-0.2, -0.15) is 0 Å². The summed E-state index contributed by atoms with van der Waals surface area (Å²) in [6.45, 7) is 1.63. The van der Waals surface area contributed by atoms with E-state index in [1.165, 1.54) is 7.11 Å². The van der Waals surface area contributed by atoms with Gasteiger partial charge in [0.1, 0.15) is 5.75 Å². The van der Waals surface area contributed by atoms with Crippen LogP contribution in [0, 0.1) is 0 Å². The molecule has 0 saturated carbocycles. The smallest absolute Gasteiger partial charge is 0.310 e. The van der Waals surface area contributed by atoms with E-state index in [4.69, 9.17) is 16.3 Å². The third-order valence-electron chi connectivity index (χ3n) is 3.00. The van der Waals surface area contributed by atoms with Crippen LogP contribution >= 0.6 is 11.6 Å². The van der Waals surface area contributed by atoms with Crippen molar-refractivity contribution >= 4 is 28.3 Å². The molecule has 0 unspecified atom stereocenters. The molecule has 0 aliphatic carbocycles. The molecule has 0 saturated heterocycles. The summed E-state index contributed by atoms with van der Waals surface area (Å²) < 4.78 is 5.26. The fourth-order valence-electron chi connectivity index (χ4n) is 2.08. The lowest BCUT2D eigenvalue weighted by Gasteiger charge is -2.16. The fourth-order valence-corrected chi connectivity index (χ4v) is 2.38. The quantitative estimate of drug-likeness (QED) is 0.920. The van der Waals surface area contributed by atoms with Crippen LogP contribution in [0.2, 0.25) is 5.02 Å². The Hall–Kier alpha value is -1.74. The van der Waals surface area contributed by atoms with Gasteiger partial charge in [0, 0.05) is 5.56 Å². The Balaban J connectivity index is 2.84. The maximum absolute atomic E-state index is 11.2. The molecule has 2 aromatic rings. The summed E-state index contributed by atoms with van der Waals surface area (Å²) in [5.74, 6) is -1.14. The lowest BCUT2D eigenvalue weighted by Crippen LogP contribution is -2.09. The molecule has 1 N–H and O–H groups in total. The lowest BCUT2D eigenvalue weighted by atomic mass is 9.93. The third-order valence-corrected chi connectivity index (χ3v) is 3.28. The van der Waals surface area contributed by atoms with E-state index in [0.717, 1.165) is 10.8 Å². The zero-order valence-electron chi connectivity index (χ0n) is 10.1. The van der Waals surface area contributed by atoms with Gasteiger partial charge < -0.3 is 9.84 Å². The summed E-state index contributed by atoms with van der Waals surface area (Å²) in [5.41, 5.74) is 0.619. The molecule has 0 fully saturated rings. The molecule has 0 bridgehead atoms. The van der Waals surface area contributed by atoms with Crippen molar-refractivity contribution in [2.45, 2.75) is 12.8 Å². The molecular weight excluding hydrogens is 252 g/mol. The third kappa shape index (κ3) is 2.02. The molecule has 0 aliphatic heterocycles. The molecule has 18 heavy (non-hydrogen) atoms. The van der Waals surface area contributed by atoms with E-state index in [1.54, 1.807) is 13.0 Å². The maximum Gasteiger partial charge on any atom is 0.310 e. The second-order valence-corrected chi connectivity index (χ2v) is 4.49. The highest BCUT2D eigenvalue weighted by Crippen LogP contribution is 2.39. The number of aliphatic carboxylic acids is 1. The van der Waals surface area contributed by atoms with Crippen molar-refractivity contribution in [2.75, 3.05) is 7.11 Å². The van der Waals surface area contributed by atoms with Crippen molar-refractivity contribution in [3.05, 3.63) is 40.9 Å². The molecule has 2 aromatic carbocycles. The van der Waals surface area contributed by atoms with E-state index in [-0.39, 0.29) is 0 Å². The van der Waals surface area contributed by atoms with Crippen LogP contribution < -0.4 is 4.74 Å². The SMILES string of the molecule is COc1c(Cl)cc2ccccc2c1[C@H](C)C(=O)O. The van der Waals surface area contributed by atoms with Gasteiger partial charge in [-0.1, -0.05) is 35.9 Å². The number of ether oxygens (including phenoxy) is 1. The molecule has 0 aromatic heterocycles. The van der Waals surface area contributed by atoms with Crippen molar-refractivity contribution < 1.29 is 14.6 Å². The molecular formula is C14H13ClO3. The average Bonchev–Trinajstić information content (AvgIpc) is 2.36. The van der Waals surface area contributed by atoms with Gasteiger partial charge in [0.25, 0.3) is 0 Å². The summed E-state index contributed by atoms with van der Waals surface area (Å²) in [4.78, 5) is 11.2. The summed E-state index contributed by atoms with van der Waals surface area (Å²) in [7, 11) is 1.49. The highest BCUT2D eigenvalue weighted by Gasteiger charge is 2.23. The van der Waals surface area contributed by atoms with E-state index in [9.17, 15) is 9.90 Å². The minimum absolute atomic E-state index is 0.430. The largest absolute Gasteiger partial charge is 0.495 e. The van der Waals surface area contributed by atoms with Gasteiger partial charge in [-0.25, -0.2) is 0 Å². The number of carboxylic acid groups (broad SMARTS) is 1. The molecule has 0 radical (unpaired) electrons. The normalized spacial score (nSPS) is 12.4. The highest BCUT2D eigenvalue weighted by atomic mass is 35.5. The second kappa shape index (κ2) is 4.86. The summed E-state index contributed by atoms with van der Waals surface area (Å²) in [6.07, 6.45) is 0. The Kier molecular flexibility index (Phi) is 3.43. The monoisotopic (exact) mass is 264 g/mol. The van der Waals surface area contributed by atoms with Crippen LogP contribution in [0.1, 0.15) is 18.4 Å². The molecule has 0 spiro atoms. The van der Waals surface area contributed by atoms with Crippen LogP contribution in [-0.4, -0.2) is 18.2 Å². The minimum Gasteiger partial charge on any atom is -0.495 e. The Morgan fingerprint density at radius 3 is 2.67 bits per heavy atom. The van der Waals surface area contributed by atoms with E-state index >= 15 is 0 Å². The molecule has 0 amide bonds. The highest BCUT2D eigenvalue weighted by molar-refractivity contribution is 6.33. The summed E-state index contributed by atoms with van der Waals surface area (Å²) in [6, 6.07) is 9.32. The first-order valence-corrected chi connectivity index (χ1v) is 5.92. The number of carboxylic acids is 1. The second-order valence-electron chi connectivity index (χ2n) is 4.09. The van der Waals surface area contributed by atoms with Gasteiger partial charge in [-0.05, 0) is 23.8 Å². The van der Waals surface area contributed by atoms with Crippen LogP contribution in [-0.2, 0) is 4.79 Å². The van der Waals surface area contributed by atoms with Crippen LogP contribution in [0.15, 0.2) is 30.3 Å². The lowest BCUT2D eigenvalue weighted by molar-refractivity contribution is -0.138. The van der Waals surface area contributed by atoms with Gasteiger partial charge in [0.2, 0.25) is 0 Å². The number of benzene rings is 2. The molecule has 4 heteroatoms. The first kappa shape index (κ1) is 12.7. The number of carbonyl (C=O) groups is 1. The Labute approximate surface area is 110 Å². The Bertz CT molecular complexity index is 607. The fraction of sp³-hybridized carbons (Fsp3) is 0.214. The molecule has 94 valence electrons. The van der Waals surface area contributed by atoms with E-state index in [2.05, 4.69) is 0 Å². The van der Waals surface area contributed by atoms with Gasteiger partial charge >= 0.3 is 5.97 Å². The standard InChI is InChI=1S/C14H13ClO3/c1-8(14(16)17)12-10-6-4-3-5-9(10)7-11(15)13(12)18-2/h3-8H,1-2H3,(H,16,17)/t8-/m0/s1. The van der Waals surface area contributed by atoms with Crippen LogP contribution in [0.25, 0.3) is 10.8 Å². The number of fused-ring (bicyclic) bond motifs is 1. The van der Waals surface area contributed by atoms with Crippen molar-refractivity contribution in [2.24, 2.45) is 0 Å². The van der Waals surface area contributed by atoms with Crippen LogP contribution in [0.5, 0.6) is 5.75 Å². The number of hydrogen-bond donors (Lipinski definition) is 1. The van der Waals surface area contributed by atoms with Crippen molar-refractivity contribution in [1.29, 1.82) is 0 Å². The van der Waals surface area contributed by atoms with E-state index in [1.807, 2.05) is 24.3 Å². The molecule has 1 atom stereocenters. The zero-order valence-corrected chi connectivity index (χ0v) is 10.9. The Morgan fingerprint density at radius 1 is 1.39 bits per heavy atom. The summed E-state index contributed by atoms with van der Waals surface area (Å²) >= 11 is 6.14. The topological polar surface area (TPSA) is 46.5 Å². The predicted molar refractivity (Wildman–Crippen MR) is 71.6 cm³/mol. The summed E-state index contributed by atoms with van der Waals surface area (Å²) in [5, 5.41) is 11.4. The predicted octanol–water partition coefficient (Wildman–Crippen LogP) is 3.69.